The zero-order valence-electron chi connectivity index (χ0n) is 21.9. The molecule has 2 saturated heterocycles. The first-order valence-electron chi connectivity index (χ1n) is 14.0. The van der Waals surface area contributed by atoms with E-state index in [1.807, 2.05) is 28.5 Å². The summed E-state index contributed by atoms with van der Waals surface area (Å²) in [5.41, 5.74) is 3.04. The number of aromatic nitrogens is 4. The molecule has 3 fully saturated rings. The lowest BCUT2D eigenvalue weighted by atomic mass is 9.92. The molecule has 4 aromatic rings. The number of fused-ring (bicyclic) bond motifs is 3. The SMILES string of the molecule is CCn1c(-c2cc3cccnc3n2CC2CC2)nc2cc(C(=O)N3CC[C@@H]4CCN[C@@H]4C3)cc(OC(F)F)c21. The summed E-state index contributed by atoms with van der Waals surface area (Å²) in [5.74, 6) is 1.65. The van der Waals surface area contributed by atoms with Gasteiger partial charge in [-0.15, -0.1) is 0 Å². The van der Waals surface area contributed by atoms with Crippen LogP contribution in [0.15, 0.2) is 36.5 Å². The van der Waals surface area contributed by atoms with Crippen molar-refractivity contribution in [3.63, 3.8) is 0 Å². The standard InChI is InChI=1S/C29H32F2N6O2/c1-2-36-25-21(34-27(36)23-13-19-4-3-9-33-26(19)37(23)15-17-5-6-17)12-20(14-24(25)39-29(30)31)28(38)35-11-8-18-7-10-32-22(18)16-35/h3-4,9,12-14,17-18,22,29,32H,2,5-8,10-11,15-16H2,1H3/t18-,22+/m0/s1. The minimum Gasteiger partial charge on any atom is -0.432 e. The normalized spacial score (nSPS) is 21.3. The number of benzene rings is 1. The van der Waals surface area contributed by atoms with Crippen LogP contribution < -0.4 is 10.1 Å². The topological polar surface area (TPSA) is 77.2 Å². The number of carbonyl (C=O) groups excluding carboxylic acids is 1. The molecule has 2 aliphatic heterocycles. The van der Waals surface area contributed by atoms with Gasteiger partial charge >= 0.3 is 6.61 Å². The number of nitrogens with zero attached hydrogens (tertiary/aromatic N) is 5. The molecule has 2 atom stereocenters. The third kappa shape index (κ3) is 4.34. The third-order valence-electron chi connectivity index (χ3n) is 8.57. The third-order valence-corrected chi connectivity index (χ3v) is 8.57. The van der Waals surface area contributed by atoms with Gasteiger partial charge in [0.15, 0.2) is 11.6 Å². The number of piperidine rings is 1. The Morgan fingerprint density at radius 3 is 2.85 bits per heavy atom. The quantitative estimate of drug-likeness (QED) is 0.365. The molecule has 1 aliphatic carbocycles. The van der Waals surface area contributed by atoms with Gasteiger partial charge in [-0.05, 0) is 81.3 Å². The summed E-state index contributed by atoms with van der Waals surface area (Å²) in [6, 6.07) is 9.48. The number of imidazole rings is 1. The van der Waals surface area contributed by atoms with Gasteiger partial charge in [0, 0.05) is 49.4 Å². The van der Waals surface area contributed by atoms with Crippen molar-refractivity contribution in [2.45, 2.75) is 58.3 Å². The van der Waals surface area contributed by atoms with E-state index < -0.39 is 6.61 Å². The summed E-state index contributed by atoms with van der Waals surface area (Å²) in [4.78, 5) is 25.0. The van der Waals surface area contributed by atoms with E-state index in [2.05, 4.69) is 20.9 Å². The zero-order valence-corrected chi connectivity index (χ0v) is 21.9. The van der Waals surface area contributed by atoms with Crippen molar-refractivity contribution >= 4 is 28.0 Å². The Morgan fingerprint density at radius 1 is 1.18 bits per heavy atom. The van der Waals surface area contributed by atoms with Crippen LogP contribution in [-0.4, -0.2) is 62.2 Å². The van der Waals surface area contributed by atoms with E-state index in [1.165, 1.54) is 18.9 Å². The molecule has 10 heteroatoms. The number of amides is 1. The van der Waals surface area contributed by atoms with E-state index in [1.54, 1.807) is 12.3 Å². The molecule has 0 spiro atoms. The maximum absolute atomic E-state index is 13.6. The van der Waals surface area contributed by atoms with Crippen LogP contribution in [0.1, 0.15) is 43.0 Å². The number of alkyl halides is 2. The Labute approximate surface area is 225 Å². The summed E-state index contributed by atoms with van der Waals surface area (Å²) < 4.78 is 36.4. The second kappa shape index (κ2) is 9.59. The van der Waals surface area contributed by atoms with Gasteiger partial charge in [-0.3, -0.25) is 4.79 Å². The number of ether oxygens (including phenoxy) is 1. The average molecular weight is 535 g/mol. The first kappa shape index (κ1) is 24.5. The Balaban J connectivity index is 1.35. The number of hydrogen-bond acceptors (Lipinski definition) is 5. The molecule has 1 aromatic carbocycles. The molecule has 0 bridgehead atoms. The Morgan fingerprint density at radius 2 is 2.05 bits per heavy atom. The van der Waals surface area contributed by atoms with Crippen LogP contribution in [0.5, 0.6) is 5.75 Å². The number of hydrogen-bond donors (Lipinski definition) is 1. The predicted molar refractivity (Wildman–Crippen MR) is 144 cm³/mol. The summed E-state index contributed by atoms with van der Waals surface area (Å²) in [5, 5.41) is 4.50. The zero-order chi connectivity index (χ0) is 26.7. The Kier molecular flexibility index (Phi) is 6.02. The van der Waals surface area contributed by atoms with Gasteiger partial charge in [0.2, 0.25) is 0 Å². The predicted octanol–water partition coefficient (Wildman–Crippen LogP) is 4.91. The highest BCUT2D eigenvalue weighted by atomic mass is 19.3. The number of likely N-dealkylation sites (tertiary alicyclic amines) is 1. The van der Waals surface area contributed by atoms with E-state index in [4.69, 9.17) is 9.72 Å². The fourth-order valence-corrected chi connectivity index (χ4v) is 6.46. The van der Waals surface area contributed by atoms with E-state index in [0.29, 0.717) is 53.9 Å². The minimum atomic E-state index is -3.02. The van der Waals surface area contributed by atoms with Gasteiger partial charge in [0.25, 0.3) is 5.91 Å². The van der Waals surface area contributed by atoms with E-state index in [9.17, 15) is 13.6 Å². The monoisotopic (exact) mass is 534 g/mol. The summed E-state index contributed by atoms with van der Waals surface area (Å²) >= 11 is 0. The Bertz CT molecular complexity index is 1560. The molecule has 3 aromatic heterocycles. The fourth-order valence-electron chi connectivity index (χ4n) is 6.46. The van der Waals surface area contributed by atoms with Gasteiger partial charge in [0.1, 0.15) is 11.2 Å². The van der Waals surface area contributed by atoms with Crippen LogP contribution in [0, 0.1) is 11.8 Å². The van der Waals surface area contributed by atoms with Crippen molar-refractivity contribution in [1.29, 1.82) is 0 Å². The summed E-state index contributed by atoms with van der Waals surface area (Å²) in [6.07, 6.45) is 6.23. The van der Waals surface area contributed by atoms with Crippen LogP contribution >= 0.6 is 0 Å². The highest BCUT2D eigenvalue weighted by Crippen LogP contribution is 2.38. The van der Waals surface area contributed by atoms with Crippen LogP contribution in [0.25, 0.3) is 33.6 Å². The summed E-state index contributed by atoms with van der Waals surface area (Å²) in [6.45, 7) is 2.52. The van der Waals surface area contributed by atoms with E-state index >= 15 is 0 Å². The van der Waals surface area contributed by atoms with Crippen molar-refractivity contribution in [3.05, 3.63) is 42.1 Å². The second-order valence-electron chi connectivity index (χ2n) is 11.0. The number of halogens is 2. The molecule has 0 unspecified atom stereocenters. The fraction of sp³-hybridized carbons (Fsp3) is 0.483. The van der Waals surface area contributed by atoms with Crippen molar-refractivity contribution in [2.24, 2.45) is 11.8 Å². The van der Waals surface area contributed by atoms with Gasteiger partial charge in [-0.2, -0.15) is 8.78 Å². The molecule has 5 heterocycles. The molecule has 3 aliphatic rings. The highest BCUT2D eigenvalue weighted by Gasteiger charge is 2.35. The first-order valence-corrected chi connectivity index (χ1v) is 14.0. The minimum absolute atomic E-state index is 0.0247. The second-order valence-corrected chi connectivity index (χ2v) is 11.0. The maximum Gasteiger partial charge on any atom is 0.387 e. The molecular weight excluding hydrogens is 502 g/mol. The molecular formula is C29H32F2N6O2. The van der Waals surface area contributed by atoms with Crippen LogP contribution in [-0.2, 0) is 13.1 Å². The first-order chi connectivity index (χ1) is 19.0. The van der Waals surface area contributed by atoms with Crippen molar-refractivity contribution in [1.82, 2.24) is 29.3 Å². The number of rotatable bonds is 7. The lowest BCUT2D eigenvalue weighted by Gasteiger charge is -2.35. The lowest BCUT2D eigenvalue weighted by Crippen LogP contribution is -2.48. The lowest BCUT2D eigenvalue weighted by molar-refractivity contribution is -0.0490. The van der Waals surface area contributed by atoms with Gasteiger partial charge in [0.05, 0.1) is 11.2 Å². The molecule has 39 heavy (non-hydrogen) atoms. The van der Waals surface area contributed by atoms with Crippen molar-refractivity contribution in [3.8, 4) is 17.3 Å². The molecule has 7 rings (SSSR count). The van der Waals surface area contributed by atoms with E-state index in [0.717, 1.165) is 42.7 Å². The van der Waals surface area contributed by atoms with Crippen molar-refractivity contribution in [2.75, 3.05) is 19.6 Å². The molecule has 8 nitrogen and oxygen atoms in total. The molecule has 0 radical (unpaired) electrons. The average Bonchev–Trinajstić information content (AvgIpc) is 3.33. The number of pyridine rings is 1. The number of carbonyl (C=O) groups is 1. The Hall–Kier alpha value is -3.53. The van der Waals surface area contributed by atoms with Gasteiger partial charge in [-0.25, -0.2) is 9.97 Å². The molecule has 1 amide bonds. The van der Waals surface area contributed by atoms with Crippen LogP contribution in [0.3, 0.4) is 0 Å². The molecule has 204 valence electrons. The number of aryl methyl sites for hydroxylation is 1. The van der Waals surface area contributed by atoms with Gasteiger partial charge < -0.3 is 24.1 Å². The van der Waals surface area contributed by atoms with Gasteiger partial charge in [-0.1, -0.05) is 0 Å². The van der Waals surface area contributed by atoms with Crippen molar-refractivity contribution < 1.29 is 18.3 Å². The smallest absolute Gasteiger partial charge is 0.387 e. The molecule has 1 saturated carbocycles. The summed E-state index contributed by atoms with van der Waals surface area (Å²) in [7, 11) is 0. The van der Waals surface area contributed by atoms with Crippen LogP contribution in [0.4, 0.5) is 8.78 Å². The molecule has 1 N–H and O–H groups in total. The van der Waals surface area contributed by atoms with Crippen LogP contribution in [0.2, 0.25) is 0 Å². The number of nitrogens with one attached hydrogen (secondary N) is 1. The van der Waals surface area contributed by atoms with E-state index in [-0.39, 0.29) is 17.7 Å². The largest absolute Gasteiger partial charge is 0.432 e. The highest BCUT2D eigenvalue weighted by molar-refractivity contribution is 6.00. The maximum atomic E-state index is 13.6.